The molecule has 1 fully saturated rings. The molecule has 2 heterocycles. The highest BCUT2D eigenvalue weighted by molar-refractivity contribution is 7.10. The summed E-state index contributed by atoms with van der Waals surface area (Å²) in [5, 5.41) is 14.2. The van der Waals surface area contributed by atoms with Crippen molar-refractivity contribution in [1.29, 1.82) is 0 Å². The Hall–Kier alpha value is -1.27. The number of aliphatic hydroxyl groups is 1. The summed E-state index contributed by atoms with van der Waals surface area (Å²) in [5.41, 5.74) is 5.84. The van der Waals surface area contributed by atoms with E-state index in [9.17, 15) is 5.11 Å². The Morgan fingerprint density at radius 1 is 1.09 bits per heavy atom. The average Bonchev–Trinajstić information content (AvgIpc) is 3.31. The Morgan fingerprint density at radius 3 is 2.44 bits per heavy atom. The van der Waals surface area contributed by atoms with Crippen LogP contribution >= 0.6 is 11.3 Å². The number of rotatable bonds is 8. The number of piperidine rings is 1. The Balaban J connectivity index is 1.39. The van der Waals surface area contributed by atoms with Crippen molar-refractivity contribution in [2.45, 2.75) is 96.1 Å². The zero-order valence-corrected chi connectivity index (χ0v) is 22.9. The number of hydrogen-bond acceptors (Lipinski definition) is 5. The van der Waals surface area contributed by atoms with Gasteiger partial charge in [0.25, 0.3) is 0 Å². The van der Waals surface area contributed by atoms with Crippen molar-refractivity contribution in [3.63, 3.8) is 0 Å². The van der Waals surface area contributed by atoms with Crippen LogP contribution in [0.15, 0.2) is 23.6 Å². The molecule has 1 saturated heterocycles. The summed E-state index contributed by atoms with van der Waals surface area (Å²) in [6, 6.07) is 7.06. The molecule has 2 aromatic rings. The predicted octanol–water partition coefficient (Wildman–Crippen LogP) is 6.72. The van der Waals surface area contributed by atoms with Crippen LogP contribution in [0.3, 0.4) is 0 Å². The summed E-state index contributed by atoms with van der Waals surface area (Å²) in [5.74, 6) is 0.994. The smallest absolute Gasteiger partial charge is 0.107 e. The molecule has 0 radical (unpaired) electrons. The first-order valence-corrected chi connectivity index (χ1v) is 14.0. The Kier molecular flexibility index (Phi) is 7.88. The van der Waals surface area contributed by atoms with Crippen molar-refractivity contribution < 1.29 is 9.84 Å². The lowest BCUT2D eigenvalue weighted by Gasteiger charge is -2.42. The van der Waals surface area contributed by atoms with E-state index in [-0.39, 0.29) is 17.1 Å². The summed E-state index contributed by atoms with van der Waals surface area (Å²) >= 11 is 1.81. The monoisotopic (exact) mass is 484 g/mol. The number of methoxy groups -OCH3 is 1. The van der Waals surface area contributed by atoms with Gasteiger partial charge < -0.3 is 9.84 Å². The van der Waals surface area contributed by atoms with Gasteiger partial charge in [0.15, 0.2) is 0 Å². The molecule has 4 nitrogen and oxygen atoms in total. The Labute approximate surface area is 210 Å². The van der Waals surface area contributed by atoms with Gasteiger partial charge in [-0.2, -0.15) is 0 Å². The zero-order valence-electron chi connectivity index (χ0n) is 22.1. The van der Waals surface area contributed by atoms with Crippen LogP contribution in [0.2, 0.25) is 0 Å². The minimum absolute atomic E-state index is 0.217. The van der Waals surface area contributed by atoms with E-state index in [1.165, 1.54) is 34.5 Å². The number of aromatic nitrogens is 1. The molecule has 4 rings (SSSR count). The Bertz CT molecular complexity index is 959. The van der Waals surface area contributed by atoms with E-state index in [4.69, 9.17) is 9.72 Å². The molecule has 0 amide bonds. The standard InChI is InChI=1S/C29H44N2O2S/c1-20(18-33-6)7-10-26(32)31-15-11-21(12-16-31)27-30-25(19-34-27)22-8-9-23-24(17-22)29(4,5)14-13-28(23,2)3/h8-9,17,19-21,26,32H,7,10-16,18H2,1-6H3. The van der Waals surface area contributed by atoms with E-state index in [1.54, 1.807) is 7.11 Å². The lowest BCUT2D eigenvalue weighted by Crippen LogP contribution is -2.41. The van der Waals surface area contributed by atoms with Crippen molar-refractivity contribution in [2.75, 3.05) is 26.8 Å². The molecule has 34 heavy (non-hydrogen) atoms. The van der Waals surface area contributed by atoms with Crippen molar-refractivity contribution >= 4 is 11.3 Å². The maximum absolute atomic E-state index is 10.6. The highest BCUT2D eigenvalue weighted by atomic mass is 32.1. The lowest BCUT2D eigenvalue weighted by atomic mass is 9.63. The van der Waals surface area contributed by atoms with Gasteiger partial charge >= 0.3 is 0 Å². The van der Waals surface area contributed by atoms with Gasteiger partial charge in [-0.1, -0.05) is 46.8 Å². The number of aliphatic hydroxyl groups excluding tert-OH is 1. The van der Waals surface area contributed by atoms with Gasteiger partial charge in [-0.05, 0) is 72.5 Å². The fourth-order valence-corrected chi connectivity index (χ4v) is 6.78. The van der Waals surface area contributed by atoms with E-state index in [2.05, 4.69) is 63.1 Å². The third-order valence-corrected chi connectivity index (χ3v) is 9.35. The zero-order chi connectivity index (χ0) is 24.5. The molecule has 0 bridgehead atoms. The number of hydrogen-bond donors (Lipinski definition) is 1. The maximum Gasteiger partial charge on any atom is 0.107 e. The molecule has 1 aliphatic heterocycles. The average molecular weight is 485 g/mol. The van der Waals surface area contributed by atoms with Gasteiger partial charge in [0.1, 0.15) is 6.23 Å². The van der Waals surface area contributed by atoms with Crippen molar-refractivity contribution in [2.24, 2.45) is 5.92 Å². The van der Waals surface area contributed by atoms with Crippen molar-refractivity contribution in [3.8, 4) is 11.3 Å². The molecule has 1 N–H and O–H groups in total. The van der Waals surface area contributed by atoms with Crippen LogP contribution in [-0.4, -0.2) is 48.0 Å². The quantitative estimate of drug-likeness (QED) is 0.452. The van der Waals surface area contributed by atoms with Crippen molar-refractivity contribution in [3.05, 3.63) is 39.7 Å². The lowest BCUT2D eigenvalue weighted by molar-refractivity contribution is -0.0215. The summed E-state index contributed by atoms with van der Waals surface area (Å²) in [6.07, 6.45) is 6.10. The molecule has 5 heteroatoms. The highest BCUT2D eigenvalue weighted by Gasteiger charge is 2.37. The summed E-state index contributed by atoms with van der Waals surface area (Å²) in [7, 11) is 1.74. The summed E-state index contributed by atoms with van der Waals surface area (Å²) < 4.78 is 5.22. The van der Waals surface area contributed by atoms with Gasteiger partial charge in [0.05, 0.1) is 10.7 Å². The number of benzene rings is 1. The molecule has 2 unspecified atom stereocenters. The van der Waals surface area contributed by atoms with E-state index in [0.717, 1.165) is 51.1 Å². The summed E-state index contributed by atoms with van der Waals surface area (Å²) in [4.78, 5) is 7.36. The molecule has 0 spiro atoms. The van der Waals surface area contributed by atoms with E-state index in [0.29, 0.717) is 11.8 Å². The third-order valence-electron chi connectivity index (χ3n) is 8.34. The fraction of sp³-hybridized carbons (Fsp3) is 0.690. The fourth-order valence-electron chi connectivity index (χ4n) is 5.78. The number of ether oxygens (including phenoxy) is 1. The van der Waals surface area contributed by atoms with Crippen LogP contribution in [0.5, 0.6) is 0 Å². The van der Waals surface area contributed by atoms with Gasteiger partial charge in [0.2, 0.25) is 0 Å². The molecular formula is C29H44N2O2S. The Morgan fingerprint density at radius 2 is 1.76 bits per heavy atom. The van der Waals surface area contributed by atoms with Crippen molar-refractivity contribution in [1.82, 2.24) is 9.88 Å². The second kappa shape index (κ2) is 10.4. The van der Waals surface area contributed by atoms with Gasteiger partial charge in [-0.15, -0.1) is 11.3 Å². The second-order valence-electron chi connectivity index (χ2n) is 12.0. The molecule has 0 saturated carbocycles. The first-order valence-electron chi connectivity index (χ1n) is 13.1. The first kappa shape index (κ1) is 25.8. The third kappa shape index (κ3) is 5.59. The van der Waals surface area contributed by atoms with Gasteiger partial charge in [0, 0.05) is 43.7 Å². The minimum atomic E-state index is -0.338. The second-order valence-corrected chi connectivity index (χ2v) is 12.9. The normalized spacial score (nSPS) is 22.3. The van der Waals surface area contributed by atoms with E-state index < -0.39 is 0 Å². The molecule has 2 atom stereocenters. The molecular weight excluding hydrogens is 440 g/mol. The van der Waals surface area contributed by atoms with Crippen LogP contribution < -0.4 is 0 Å². The van der Waals surface area contributed by atoms with Crippen LogP contribution in [0.25, 0.3) is 11.3 Å². The van der Waals surface area contributed by atoms with Crippen LogP contribution in [-0.2, 0) is 15.6 Å². The predicted molar refractivity (Wildman–Crippen MR) is 143 cm³/mol. The maximum atomic E-state index is 10.6. The number of nitrogens with zero attached hydrogens (tertiary/aromatic N) is 2. The summed E-state index contributed by atoms with van der Waals surface area (Å²) in [6.45, 7) is 14.4. The van der Waals surface area contributed by atoms with Crippen LogP contribution in [0.1, 0.15) is 95.2 Å². The van der Waals surface area contributed by atoms with Crippen LogP contribution in [0.4, 0.5) is 0 Å². The molecule has 188 valence electrons. The first-order chi connectivity index (χ1) is 16.1. The highest BCUT2D eigenvalue weighted by Crippen LogP contribution is 2.47. The number of thiazole rings is 1. The van der Waals surface area contributed by atoms with Gasteiger partial charge in [-0.3, -0.25) is 4.90 Å². The number of likely N-dealkylation sites (tertiary alicyclic amines) is 1. The number of fused-ring (bicyclic) bond motifs is 1. The largest absolute Gasteiger partial charge is 0.384 e. The van der Waals surface area contributed by atoms with E-state index in [1.807, 2.05) is 11.3 Å². The topological polar surface area (TPSA) is 45.6 Å². The molecule has 2 aliphatic rings. The van der Waals surface area contributed by atoms with E-state index >= 15 is 0 Å². The van der Waals surface area contributed by atoms with Gasteiger partial charge in [-0.25, -0.2) is 4.98 Å². The molecule has 1 aliphatic carbocycles. The molecule has 1 aromatic carbocycles. The molecule has 1 aromatic heterocycles. The van der Waals surface area contributed by atoms with Crippen LogP contribution in [0, 0.1) is 5.92 Å². The SMILES string of the molecule is COCC(C)CCC(O)N1CCC(c2nc(-c3ccc4c(c3)C(C)(C)CCC4(C)C)cs2)CC1. The minimum Gasteiger partial charge on any atom is -0.384 e.